The fourth-order valence-electron chi connectivity index (χ4n) is 3.27. The molecule has 2 rings (SSSR count). The summed E-state index contributed by atoms with van der Waals surface area (Å²) >= 11 is 0. The zero-order valence-corrected chi connectivity index (χ0v) is 18.1. The Kier molecular flexibility index (Phi) is 7.55. The topological polar surface area (TPSA) is 54.0 Å². The highest BCUT2D eigenvalue weighted by molar-refractivity contribution is 6.01. The molecule has 0 saturated carbocycles. The normalized spacial score (nSPS) is 12.0. The van der Waals surface area contributed by atoms with Gasteiger partial charge in [-0.05, 0) is 56.9 Å². The van der Waals surface area contributed by atoms with E-state index in [0.717, 1.165) is 34.7 Å². The van der Waals surface area contributed by atoms with Gasteiger partial charge in [-0.2, -0.15) is 0 Å². The van der Waals surface area contributed by atoms with Gasteiger partial charge in [-0.3, -0.25) is 4.79 Å². The second kappa shape index (κ2) is 9.67. The van der Waals surface area contributed by atoms with Crippen LogP contribution in [0.3, 0.4) is 0 Å². The van der Waals surface area contributed by atoms with Crippen molar-refractivity contribution >= 4 is 16.7 Å². The molecule has 0 saturated heterocycles. The van der Waals surface area contributed by atoms with E-state index in [9.17, 15) is 4.79 Å². The number of hydrogen-bond donors (Lipinski definition) is 0. The van der Waals surface area contributed by atoms with Crippen molar-refractivity contribution in [3.05, 3.63) is 23.3 Å². The van der Waals surface area contributed by atoms with Crippen LogP contribution < -0.4 is 18.9 Å². The van der Waals surface area contributed by atoms with E-state index in [1.165, 1.54) is 0 Å². The highest BCUT2D eigenvalue weighted by atomic mass is 16.6. The first-order valence-electron chi connectivity index (χ1n) is 9.94. The Morgan fingerprint density at radius 3 is 1.93 bits per heavy atom. The van der Waals surface area contributed by atoms with Crippen molar-refractivity contribution in [2.75, 3.05) is 14.2 Å². The lowest BCUT2D eigenvalue weighted by Crippen LogP contribution is -2.14. The first kappa shape index (κ1) is 21.9. The molecule has 2 aromatic carbocycles. The maximum Gasteiger partial charge on any atom is 0.311 e. The van der Waals surface area contributed by atoms with E-state index in [4.69, 9.17) is 18.9 Å². The molecule has 0 aromatic heterocycles. The Balaban J connectivity index is 2.80. The predicted molar refractivity (Wildman–Crippen MR) is 112 cm³/mol. The van der Waals surface area contributed by atoms with E-state index < -0.39 is 0 Å². The number of ether oxygens (including phenoxy) is 4. The third-order valence-electron chi connectivity index (χ3n) is 4.83. The maximum atomic E-state index is 12.3. The molecule has 154 valence electrons. The monoisotopic (exact) mass is 388 g/mol. The maximum absolute atomic E-state index is 12.3. The average Bonchev–Trinajstić information content (AvgIpc) is 2.65. The summed E-state index contributed by atoms with van der Waals surface area (Å²) in [6.07, 6.45) is 3.00. The van der Waals surface area contributed by atoms with Crippen molar-refractivity contribution in [1.82, 2.24) is 0 Å². The Morgan fingerprint density at radius 1 is 0.893 bits per heavy atom. The van der Waals surface area contributed by atoms with Gasteiger partial charge in [0.25, 0.3) is 0 Å². The summed E-state index contributed by atoms with van der Waals surface area (Å²) in [7, 11) is 3.11. The third kappa shape index (κ3) is 4.51. The van der Waals surface area contributed by atoms with Gasteiger partial charge in [0.05, 0.1) is 20.3 Å². The summed E-state index contributed by atoms with van der Waals surface area (Å²) in [5.74, 6) is 1.53. The van der Waals surface area contributed by atoms with Gasteiger partial charge >= 0.3 is 5.97 Å². The van der Waals surface area contributed by atoms with Gasteiger partial charge in [0, 0.05) is 17.2 Å². The zero-order chi connectivity index (χ0) is 20.8. The molecule has 1 atom stereocenters. The van der Waals surface area contributed by atoms with Gasteiger partial charge < -0.3 is 18.9 Å². The van der Waals surface area contributed by atoms with Gasteiger partial charge in [-0.1, -0.05) is 20.3 Å². The lowest BCUT2D eigenvalue weighted by atomic mass is 10.00. The molecule has 0 heterocycles. The molecule has 5 heteroatoms. The van der Waals surface area contributed by atoms with Gasteiger partial charge in [-0.15, -0.1) is 0 Å². The summed E-state index contributed by atoms with van der Waals surface area (Å²) < 4.78 is 23.3. The number of methoxy groups -OCH3 is 2. The molecular weight excluding hydrogens is 356 g/mol. The van der Waals surface area contributed by atoms with Crippen LogP contribution in [0.5, 0.6) is 23.0 Å². The summed E-state index contributed by atoms with van der Waals surface area (Å²) in [4.78, 5) is 12.3. The molecule has 0 amide bonds. The van der Waals surface area contributed by atoms with E-state index in [-0.39, 0.29) is 12.1 Å². The lowest BCUT2D eigenvalue weighted by Gasteiger charge is -2.23. The van der Waals surface area contributed by atoms with Crippen molar-refractivity contribution in [3.63, 3.8) is 0 Å². The summed E-state index contributed by atoms with van der Waals surface area (Å²) in [6, 6.07) is 4.07. The number of rotatable bonds is 9. The Hall–Kier alpha value is -2.43. The van der Waals surface area contributed by atoms with E-state index in [0.29, 0.717) is 35.8 Å². The molecule has 0 radical (unpaired) electrons. The molecule has 5 nitrogen and oxygen atoms in total. The van der Waals surface area contributed by atoms with Gasteiger partial charge in [0.15, 0.2) is 11.5 Å². The molecule has 1 unspecified atom stereocenters. The fourth-order valence-corrected chi connectivity index (χ4v) is 3.27. The molecule has 0 spiro atoms. The van der Waals surface area contributed by atoms with Crippen LogP contribution >= 0.6 is 0 Å². The molecule has 0 N–H and O–H groups in total. The summed E-state index contributed by atoms with van der Waals surface area (Å²) in [5, 5.41) is 1.63. The SMILES string of the molecule is CCCC(=O)Oc1c(OC)c(OC)c(OC(C)CCC)c2cc(C)c(C)cc12. The van der Waals surface area contributed by atoms with Gasteiger partial charge in [0.2, 0.25) is 11.5 Å². The second-order valence-electron chi connectivity index (χ2n) is 7.15. The van der Waals surface area contributed by atoms with Crippen LogP contribution in [0.25, 0.3) is 10.8 Å². The molecule has 0 bridgehead atoms. The van der Waals surface area contributed by atoms with Crippen molar-refractivity contribution in [2.45, 2.75) is 66.4 Å². The Morgan fingerprint density at radius 2 is 1.43 bits per heavy atom. The predicted octanol–water partition coefficient (Wildman–Crippen LogP) is 5.75. The summed E-state index contributed by atoms with van der Waals surface area (Å²) in [6.45, 7) is 10.2. The zero-order valence-electron chi connectivity index (χ0n) is 18.1. The Labute approximate surface area is 167 Å². The summed E-state index contributed by atoms with van der Waals surface area (Å²) in [5.41, 5.74) is 2.22. The number of aryl methyl sites for hydroxylation is 2. The third-order valence-corrected chi connectivity index (χ3v) is 4.83. The van der Waals surface area contributed by atoms with Crippen LogP contribution in [0.1, 0.15) is 57.6 Å². The lowest BCUT2D eigenvalue weighted by molar-refractivity contribution is -0.134. The fraction of sp³-hybridized carbons (Fsp3) is 0.522. The van der Waals surface area contributed by atoms with Crippen molar-refractivity contribution in [3.8, 4) is 23.0 Å². The minimum atomic E-state index is -0.296. The smallest absolute Gasteiger partial charge is 0.311 e. The van der Waals surface area contributed by atoms with Crippen LogP contribution in [-0.4, -0.2) is 26.3 Å². The van der Waals surface area contributed by atoms with Crippen LogP contribution in [0, 0.1) is 13.8 Å². The molecule has 2 aromatic rings. The van der Waals surface area contributed by atoms with Crippen molar-refractivity contribution in [1.29, 1.82) is 0 Å². The van der Waals surface area contributed by atoms with E-state index in [2.05, 4.69) is 13.0 Å². The van der Waals surface area contributed by atoms with Gasteiger partial charge in [-0.25, -0.2) is 0 Å². The van der Waals surface area contributed by atoms with E-state index >= 15 is 0 Å². The van der Waals surface area contributed by atoms with Crippen LogP contribution in [0.4, 0.5) is 0 Å². The highest BCUT2D eigenvalue weighted by Crippen LogP contribution is 2.52. The van der Waals surface area contributed by atoms with Gasteiger partial charge in [0.1, 0.15) is 0 Å². The second-order valence-corrected chi connectivity index (χ2v) is 7.15. The van der Waals surface area contributed by atoms with Crippen molar-refractivity contribution < 1.29 is 23.7 Å². The van der Waals surface area contributed by atoms with Crippen LogP contribution in [-0.2, 0) is 4.79 Å². The molecule has 0 aliphatic rings. The number of hydrogen-bond acceptors (Lipinski definition) is 5. The largest absolute Gasteiger partial charge is 0.490 e. The highest BCUT2D eigenvalue weighted by Gasteiger charge is 2.26. The van der Waals surface area contributed by atoms with Crippen LogP contribution in [0.2, 0.25) is 0 Å². The number of carbonyl (C=O) groups is 1. The standard InChI is InChI=1S/C23H32O5/c1-8-10-16(5)27-20-17-12-14(3)15(4)13-18(17)21(28-19(24)11-9-2)23(26-7)22(20)25-6/h12-13,16H,8-11H2,1-7H3. The minimum absolute atomic E-state index is 0.0157. The Bertz CT molecular complexity index is 841. The molecule has 0 aliphatic carbocycles. The van der Waals surface area contributed by atoms with Crippen molar-refractivity contribution in [2.24, 2.45) is 0 Å². The first-order chi connectivity index (χ1) is 13.4. The van der Waals surface area contributed by atoms with E-state index in [1.54, 1.807) is 14.2 Å². The molecular formula is C23H32O5. The molecule has 0 aliphatic heterocycles. The quantitative estimate of drug-likeness (QED) is 0.404. The number of esters is 1. The molecule has 0 fully saturated rings. The van der Waals surface area contributed by atoms with E-state index in [1.807, 2.05) is 33.8 Å². The minimum Gasteiger partial charge on any atom is -0.490 e. The van der Waals surface area contributed by atoms with Crippen LogP contribution in [0.15, 0.2) is 12.1 Å². The first-order valence-corrected chi connectivity index (χ1v) is 9.94. The number of fused-ring (bicyclic) bond motifs is 1. The number of benzene rings is 2. The molecule has 28 heavy (non-hydrogen) atoms. The number of carbonyl (C=O) groups excluding carboxylic acids is 1. The average molecular weight is 389 g/mol.